The monoisotopic (exact) mass is 243 g/mol. The zero-order valence-corrected chi connectivity index (χ0v) is 9.51. The minimum absolute atomic E-state index is 0.0973. The van der Waals surface area contributed by atoms with E-state index in [1.807, 2.05) is 0 Å². The van der Waals surface area contributed by atoms with Crippen LogP contribution < -0.4 is 17.0 Å². The van der Waals surface area contributed by atoms with Crippen LogP contribution in [-0.4, -0.2) is 16.0 Å². The van der Waals surface area contributed by atoms with Crippen molar-refractivity contribution >= 4 is 11.6 Å². The van der Waals surface area contributed by atoms with E-state index in [0.29, 0.717) is 5.69 Å². The maximum atomic E-state index is 11.3. The van der Waals surface area contributed by atoms with Crippen molar-refractivity contribution in [2.24, 2.45) is 5.73 Å². The van der Waals surface area contributed by atoms with Crippen molar-refractivity contribution in [3.8, 4) is 0 Å². The first-order chi connectivity index (χ1) is 7.58. The van der Waals surface area contributed by atoms with Crippen LogP contribution in [0.1, 0.15) is 37.3 Å². The molecule has 0 radical (unpaired) electrons. The summed E-state index contributed by atoms with van der Waals surface area (Å²) < 4.78 is 0. The number of hydrogen-bond donors (Lipinski definition) is 3. The van der Waals surface area contributed by atoms with E-state index in [-0.39, 0.29) is 17.0 Å². The molecule has 0 atom stereocenters. The highest BCUT2D eigenvalue weighted by Gasteiger charge is 2.23. The number of aromatic nitrogens is 2. The second-order valence-corrected chi connectivity index (χ2v) is 4.63. The Balaban J connectivity index is 2.33. The molecular formula is C10H14ClN3O2. The summed E-state index contributed by atoms with van der Waals surface area (Å²) in [7, 11) is 0. The van der Waals surface area contributed by atoms with Crippen molar-refractivity contribution in [3.63, 3.8) is 0 Å². The zero-order valence-electron chi connectivity index (χ0n) is 8.75. The van der Waals surface area contributed by atoms with E-state index >= 15 is 0 Å². The molecule has 4 N–H and O–H groups in total. The number of aromatic amines is 2. The van der Waals surface area contributed by atoms with Crippen LogP contribution in [0.2, 0.25) is 5.02 Å². The molecule has 1 aromatic rings. The molecule has 1 aliphatic carbocycles. The molecule has 0 aliphatic heterocycles. The molecular weight excluding hydrogens is 230 g/mol. The van der Waals surface area contributed by atoms with Gasteiger partial charge in [0.1, 0.15) is 5.02 Å². The molecule has 0 bridgehead atoms. The first kappa shape index (κ1) is 11.4. The molecule has 6 heteroatoms. The Morgan fingerprint density at radius 1 is 1.12 bits per heavy atom. The maximum absolute atomic E-state index is 11.3. The molecule has 0 spiro atoms. The average Bonchev–Trinajstić information content (AvgIpc) is 2.25. The molecule has 1 saturated carbocycles. The normalized spacial score (nSPS) is 25.6. The smallest absolute Gasteiger partial charge is 0.325 e. The molecule has 0 aromatic carbocycles. The van der Waals surface area contributed by atoms with E-state index in [9.17, 15) is 9.59 Å². The van der Waals surface area contributed by atoms with E-state index < -0.39 is 11.2 Å². The summed E-state index contributed by atoms with van der Waals surface area (Å²) in [5.41, 5.74) is 5.34. The molecule has 16 heavy (non-hydrogen) atoms. The fourth-order valence-corrected chi connectivity index (χ4v) is 2.43. The van der Waals surface area contributed by atoms with Gasteiger partial charge in [-0.3, -0.25) is 9.78 Å². The Hall–Kier alpha value is -1.07. The highest BCUT2D eigenvalue weighted by atomic mass is 35.5. The lowest BCUT2D eigenvalue weighted by Crippen LogP contribution is -2.30. The van der Waals surface area contributed by atoms with Crippen molar-refractivity contribution < 1.29 is 0 Å². The Bertz CT molecular complexity index is 486. The van der Waals surface area contributed by atoms with Gasteiger partial charge in [-0.1, -0.05) is 11.6 Å². The summed E-state index contributed by atoms with van der Waals surface area (Å²) in [6, 6.07) is 0.226. The highest BCUT2D eigenvalue weighted by molar-refractivity contribution is 6.31. The molecule has 2 rings (SSSR count). The van der Waals surface area contributed by atoms with Gasteiger partial charge >= 0.3 is 5.69 Å². The molecule has 0 unspecified atom stereocenters. The van der Waals surface area contributed by atoms with Crippen molar-refractivity contribution in [2.45, 2.75) is 37.6 Å². The van der Waals surface area contributed by atoms with Crippen molar-refractivity contribution in [2.75, 3.05) is 0 Å². The highest BCUT2D eigenvalue weighted by Crippen LogP contribution is 2.32. The third-order valence-electron chi connectivity index (χ3n) is 3.09. The number of nitrogens with one attached hydrogen (secondary N) is 2. The van der Waals surface area contributed by atoms with Gasteiger partial charge in [0.2, 0.25) is 0 Å². The standard InChI is InChI=1S/C10H14ClN3O2/c11-7-8(13-10(16)14-9(7)15)5-1-3-6(12)4-2-5/h5-6H,1-4,12H2,(H2,13,14,15,16). The summed E-state index contributed by atoms with van der Waals surface area (Å²) in [6.07, 6.45) is 3.52. The first-order valence-corrected chi connectivity index (χ1v) is 5.73. The topological polar surface area (TPSA) is 91.7 Å². The Morgan fingerprint density at radius 3 is 2.38 bits per heavy atom. The summed E-state index contributed by atoms with van der Waals surface area (Å²) in [5.74, 6) is 0.141. The van der Waals surface area contributed by atoms with Crippen LogP contribution in [0.5, 0.6) is 0 Å². The summed E-state index contributed by atoms with van der Waals surface area (Å²) in [4.78, 5) is 27.2. The fraction of sp³-hybridized carbons (Fsp3) is 0.600. The molecule has 1 aliphatic rings. The van der Waals surface area contributed by atoms with E-state index in [2.05, 4.69) is 9.97 Å². The summed E-state index contributed by atoms with van der Waals surface area (Å²) in [6.45, 7) is 0. The molecule has 1 aromatic heterocycles. The van der Waals surface area contributed by atoms with Gasteiger partial charge in [0, 0.05) is 17.7 Å². The number of halogens is 1. The lowest BCUT2D eigenvalue weighted by molar-refractivity contribution is 0.389. The summed E-state index contributed by atoms with van der Waals surface area (Å²) in [5, 5.41) is 0.0973. The van der Waals surface area contributed by atoms with Crippen molar-refractivity contribution in [1.29, 1.82) is 0 Å². The van der Waals surface area contributed by atoms with Gasteiger partial charge < -0.3 is 10.7 Å². The molecule has 0 amide bonds. The molecule has 1 heterocycles. The van der Waals surface area contributed by atoms with E-state index in [1.54, 1.807) is 0 Å². The quantitative estimate of drug-likeness (QED) is 0.678. The number of nitrogens with two attached hydrogens (primary N) is 1. The minimum atomic E-state index is -0.518. The first-order valence-electron chi connectivity index (χ1n) is 5.35. The van der Waals surface area contributed by atoms with E-state index in [1.165, 1.54) is 0 Å². The molecule has 1 fully saturated rings. The predicted octanol–water partition coefficient (Wildman–Crippen LogP) is 0.701. The third-order valence-corrected chi connectivity index (χ3v) is 3.47. The SMILES string of the molecule is NC1CCC(c2[nH]c(=O)[nH]c(=O)c2Cl)CC1. The van der Waals surface area contributed by atoms with Crippen LogP contribution in [0.3, 0.4) is 0 Å². The Labute approximate surface area is 97.0 Å². The van der Waals surface area contributed by atoms with Crippen LogP contribution in [0.4, 0.5) is 0 Å². The molecule has 0 saturated heterocycles. The van der Waals surface area contributed by atoms with Crippen LogP contribution in [0.15, 0.2) is 9.59 Å². The maximum Gasteiger partial charge on any atom is 0.325 e. The van der Waals surface area contributed by atoms with Gasteiger partial charge in [-0.2, -0.15) is 0 Å². The van der Waals surface area contributed by atoms with Gasteiger partial charge in [-0.05, 0) is 25.7 Å². The largest absolute Gasteiger partial charge is 0.328 e. The van der Waals surface area contributed by atoms with Crippen LogP contribution >= 0.6 is 11.6 Å². The second-order valence-electron chi connectivity index (χ2n) is 4.25. The molecule has 5 nitrogen and oxygen atoms in total. The lowest BCUT2D eigenvalue weighted by atomic mass is 9.84. The lowest BCUT2D eigenvalue weighted by Gasteiger charge is -2.26. The number of hydrogen-bond acceptors (Lipinski definition) is 3. The zero-order chi connectivity index (χ0) is 11.7. The van der Waals surface area contributed by atoms with Crippen LogP contribution in [0, 0.1) is 0 Å². The van der Waals surface area contributed by atoms with Crippen LogP contribution in [0.25, 0.3) is 0 Å². The fourth-order valence-electron chi connectivity index (χ4n) is 2.18. The second kappa shape index (κ2) is 4.43. The van der Waals surface area contributed by atoms with Gasteiger partial charge in [0.25, 0.3) is 5.56 Å². The van der Waals surface area contributed by atoms with Crippen LogP contribution in [-0.2, 0) is 0 Å². The average molecular weight is 244 g/mol. The van der Waals surface area contributed by atoms with Gasteiger partial charge in [0.05, 0.1) is 0 Å². The van der Waals surface area contributed by atoms with Crippen molar-refractivity contribution in [3.05, 3.63) is 31.6 Å². The summed E-state index contributed by atoms with van der Waals surface area (Å²) >= 11 is 5.89. The number of H-pyrrole nitrogens is 2. The van der Waals surface area contributed by atoms with Gasteiger partial charge in [-0.25, -0.2) is 4.79 Å². The van der Waals surface area contributed by atoms with Crippen molar-refractivity contribution in [1.82, 2.24) is 9.97 Å². The minimum Gasteiger partial charge on any atom is -0.328 e. The van der Waals surface area contributed by atoms with E-state index in [0.717, 1.165) is 25.7 Å². The van der Waals surface area contributed by atoms with Gasteiger partial charge in [0.15, 0.2) is 0 Å². The third kappa shape index (κ3) is 2.20. The van der Waals surface area contributed by atoms with E-state index in [4.69, 9.17) is 17.3 Å². The predicted molar refractivity (Wildman–Crippen MR) is 61.9 cm³/mol. The Morgan fingerprint density at radius 2 is 1.75 bits per heavy atom. The molecule has 88 valence electrons. The number of rotatable bonds is 1. The van der Waals surface area contributed by atoms with Gasteiger partial charge in [-0.15, -0.1) is 0 Å². The Kier molecular flexibility index (Phi) is 3.16.